The lowest BCUT2D eigenvalue weighted by Gasteiger charge is -1.97. The van der Waals surface area contributed by atoms with E-state index in [1.54, 1.807) is 5.57 Å². The number of hydrogen-bond acceptors (Lipinski definition) is 0. The molecule has 0 spiro atoms. The minimum atomic E-state index is 0.100. The van der Waals surface area contributed by atoms with Gasteiger partial charge in [0.2, 0.25) is 0 Å². The van der Waals surface area contributed by atoms with Gasteiger partial charge in [-0.2, -0.15) is 0 Å². The highest BCUT2D eigenvalue weighted by Crippen LogP contribution is 2.08. The normalized spacial score (nSPS) is 11.7. The minimum absolute atomic E-state index is 0.100. The van der Waals surface area contributed by atoms with Gasteiger partial charge >= 0.3 is 21.2 Å². The lowest BCUT2D eigenvalue weighted by molar-refractivity contribution is -0.557. The first kappa shape index (κ1) is 12.8. The minimum Gasteiger partial charge on any atom is -0.0654 e. The van der Waals surface area contributed by atoms with E-state index < -0.39 is 0 Å². The molecule has 0 fully saturated rings. The molecule has 0 aromatic heterocycles. The fourth-order valence-electron chi connectivity index (χ4n) is 1.34. The molecule has 0 aliphatic rings. The fourth-order valence-corrected chi connectivity index (χ4v) is 3.72. The summed E-state index contributed by atoms with van der Waals surface area (Å²) in [4.78, 5) is 0. The molecular weight excluding hydrogens is 295 g/mol. The van der Waals surface area contributed by atoms with Gasteiger partial charge in [-0.15, -0.1) is 0 Å². The van der Waals surface area contributed by atoms with Gasteiger partial charge in [0.25, 0.3) is 0 Å². The van der Waals surface area contributed by atoms with E-state index in [9.17, 15) is 0 Å². The first-order valence-corrected chi connectivity index (χ1v) is 8.05. The van der Waals surface area contributed by atoms with E-state index in [1.165, 1.54) is 29.3 Å². The molecule has 1 heteroatoms. The molecule has 0 aliphatic heterocycles. The summed E-state index contributed by atoms with van der Waals surface area (Å²) in [5.41, 5.74) is 1.66. The molecule has 0 nitrogen and oxygen atoms in total. The molecule has 0 aliphatic carbocycles. The molecule has 82 valence electrons. The highest BCUT2D eigenvalue weighted by Gasteiger charge is 2.08. The maximum absolute atomic E-state index is 2.52. The van der Waals surface area contributed by atoms with Gasteiger partial charge in [-0.3, -0.25) is 0 Å². The van der Waals surface area contributed by atoms with Gasteiger partial charge < -0.3 is 0 Å². The third kappa shape index (κ3) is 5.36. The predicted octanol–water partition coefficient (Wildman–Crippen LogP) is 1.43. The van der Waals surface area contributed by atoms with Crippen molar-refractivity contribution in [2.75, 3.05) is 0 Å². The van der Waals surface area contributed by atoms with Gasteiger partial charge in [-0.25, -0.2) is 0 Å². The number of halogens is 1. The largest absolute Gasteiger partial charge is 0.349 e. The second kappa shape index (κ2) is 7.91. The highest BCUT2D eigenvalue weighted by atomic mass is 127. The molecule has 0 N–H and O–H groups in total. The quantitative estimate of drug-likeness (QED) is 0.697. The standard InChI is InChI=1S/C14H20I/c1-3-5-9-13(4-2)12-15-14-10-7-6-8-11-14/h6-8,10-12H,3-5,9H2,1-2H3/q+1/b13-12-. The predicted molar refractivity (Wildman–Crippen MR) is 63.0 cm³/mol. The van der Waals surface area contributed by atoms with Crippen molar-refractivity contribution in [1.29, 1.82) is 0 Å². The summed E-state index contributed by atoms with van der Waals surface area (Å²) in [6.45, 7) is 4.54. The number of benzene rings is 1. The van der Waals surface area contributed by atoms with Crippen LogP contribution in [-0.4, -0.2) is 0 Å². The Bertz CT molecular complexity index is 287. The van der Waals surface area contributed by atoms with Gasteiger partial charge in [0, 0.05) is 0 Å². The van der Waals surface area contributed by atoms with Crippen molar-refractivity contribution in [1.82, 2.24) is 0 Å². The van der Waals surface area contributed by atoms with Crippen LogP contribution in [0.4, 0.5) is 0 Å². The van der Waals surface area contributed by atoms with Crippen LogP contribution in [0.15, 0.2) is 40.0 Å². The molecule has 0 atom stereocenters. The SMILES string of the molecule is CCCC/C(=C\[I+]c1ccccc1)CC. The zero-order chi connectivity index (χ0) is 10.9. The first-order valence-electron chi connectivity index (χ1n) is 5.73. The number of hydrogen-bond donors (Lipinski definition) is 0. The van der Waals surface area contributed by atoms with Crippen molar-refractivity contribution in [2.45, 2.75) is 39.5 Å². The van der Waals surface area contributed by atoms with Gasteiger partial charge in [-0.1, -0.05) is 38.5 Å². The van der Waals surface area contributed by atoms with Crippen molar-refractivity contribution in [2.24, 2.45) is 0 Å². The molecule has 0 bridgehead atoms. The number of rotatable bonds is 6. The molecule has 1 aromatic carbocycles. The summed E-state index contributed by atoms with van der Waals surface area (Å²) >= 11 is 0.100. The van der Waals surface area contributed by atoms with E-state index in [-0.39, 0.29) is 21.2 Å². The van der Waals surface area contributed by atoms with Crippen LogP contribution in [0.3, 0.4) is 0 Å². The van der Waals surface area contributed by atoms with E-state index in [0.717, 1.165) is 0 Å². The van der Waals surface area contributed by atoms with Gasteiger partial charge in [0.1, 0.15) is 0 Å². The fraction of sp³-hybridized carbons (Fsp3) is 0.429. The first-order chi connectivity index (χ1) is 7.36. The summed E-state index contributed by atoms with van der Waals surface area (Å²) in [6.07, 6.45) is 5.19. The summed E-state index contributed by atoms with van der Waals surface area (Å²) in [5.74, 6) is 0. The smallest absolute Gasteiger partial charge is 0.0654 e. The van der Waals surface area contributed by atoms with Crippen molar-refractivity contribution >= 4 is 0 Å². The maximum atomic E-state index is 2.52. The van der Waals surface area contributed by atoms with Crippen LogP contribution in [-0.2, 0) is 0 Å². The average Bonchev–Trinajstić information content (AvgIpc) is 2.31. The molecule has 0 saturated heterocycles. The zero-order valence-corrected chi connectivity index (χ0v) is 11.8. The lowest BCUT2D eigenvalue weighted by Crippen LogP contribution is -3.59. The van der Waals surface area contributed by atoms with Crippen molar-refractivity contribution in [3.63, 3.8) is 0 Å². The Morgan fingerprint density at radius 2 is 1.93 bits per heavy atom. The van der Waals surface area contributed by atoms with Crippen LogP contribution in [0.1, 0.15) is 39.5 Å². The summed E-state index contributed by atoms with van der Waals surface area (Å²) in [7, 11) is 0. The van der Waals surface area contributed by atoms with Crippen molar-refractivity contribution in [3.05, 3.63) is 43.6 Å². The topological polar surface area (TPSA) is 0 Å². The Morgan fingerprint density at radius 3 is 2.53 bits per heavy atom. The Balaban J connectivity index is 2.47. The second-order valence-electron chi connectivity index (χ2n) is 3.63. The van der Waals surface area contributed by atoms with Crippen molar-refractivity contribution < 1.29 is 21.2 Å². The third-order valence-electron chi connectivity index (χ3n) is 2.37. The summed E-state index contributed by atoms with van der Waals surface area (Å²) in [6, 6.07) is 10.9. The molecule has 0 saturated carbocycles. The Morgan fingerprint density at radius 1 is 1.20 bits per heavy atom. The number of unbranched alkanes of at least 4 members (excludes halogenated alkanes) is 1. The zero-order valence-electron chi connectivity index (χ0n) is 9.67. The van der Waals surface area contributed by atoms with Crippen LogP contribution in [0, 0.1) is 3.57 Å². The third-order valence-corrected chi connectivity index (χ3v) is 5.00. The second-order valence-corrected chi connectivity index (χ2v) is 6.12. The molecule has 0 heterocycles. The van der Waals surface area contributed by atoms with Crippen LogP contribution < -0.4 is 21.2 Å². The molecule has 15 heavy (non-hydrogen) atoms. The van der Waals surface area contributed by atoms with Crippen LogP contribution in [0.2, 0.25) is 0 Å². The molecule has 1 rings (SSSR count). The van der Waals surface area contributed by atoms with Gasteiger partial charge in [0.05, 0.1) is 0 Å². The number of allylic oxidation sites excluding steroid dienone is 1. The maximum Gasteiger partial charge on any atom is 0.349 e. The lowest BCUT2D eigenvalue weighted by atomic mass is 10.1. The van der Waals surface area contributed by atoms with E-state index >= 15 is 0 Å². The molecule has 1 aromatic rings. The Hall–Kier alpha value is -0.310. The van der Waals surface area contributed by atoms with Crippen LogP contribution >= 0.6 is 0 Å². The van der Waals surface area contributed by atoms with Crippen LogP contribution in [0.5, 0.6) is 0 Å². The molecule has 0 radical (unpaired) electrons. The van der Waals surface area contributed by atoms with E-state index in [1.807, 2.05) is 0 Å². The van der Waals surface area contributed by atoms with Crippen molar-refractivity contribution in [3.8, 4) is 0 Å². The van der Waals surface area contributed by atoms with E-state index in [4.69, 9.17) is 0 Å². The monoisotopic (exact) mass is 315 g/mol. The summed E-state index contributed by atoms with van der Waals surface area (Å²) < 4.78 is 4.04. The summed E-state index contributed by atoms with van der Waals surface area (Å²) in [5, 5.41) is 0. The average molecular weight is 315 g/mol. The van der Waals surface area contributed by atoms with Crippen LogP contribution in [0.25, 0.3) is 0 Å². The molecule has 0 amide bonds. The van der Waals surface area contributed by atoms with E-state index in [2.05, 4.69) is 48.3 Å². The Labute approximate surface area is 104 Å². The highest BCUT2D eigenvalue weighted by molar-refractivity contribution is 5.01. The molecular formula is C14H20I+. The van der Waals surface area contributed by atoms with Gasteiger partial charge in [0.15, 0.2) is 7.65 Å². The Kier molecular flexibility index (Phi) is 6.73. The van der Waals surface area contributed by atoms with Gasteiger partial charge in [-0.05, 0) is 37.0 Å². The van der Waals surface area contributed by atoms with E-state index in [0.29, 0.717) is 0 Å². The molecule has 0 unspecified atom stereocenters.